The number of aliphatic hydroxyl groups excluding tert-OH is 4. The minimum absolute atomic E-state index is 0.0275. The van der Waals surface area contributed by atoms with Crippen molar-refractivity contribution in [2.24, 2.45) is 62.1 Å². The quantitative estimate of drug-likeness (QED) is 0.271. The van der Waals surface area contributed by atoms with Crippen LogP contribution in [0.3, 0.4) is 0 Å². The monoisotopic (exact) mass is 630 g/mol. The number of ether oxygens (including phenoxy) is 2. The molecule has 1 saturated heterocycles. The first-order valence-corrected chi connectivity index (χ1v) is 18.2. The fourth-order valence-corrected chi connectivity index (χ4v) is 14.0. The summed E-state index contributed by atoms with van der Waals surface area (Å²) in [6.07, 6.45) is 9.38. The van der Waals surface area contributed by atoms with E-state index in [2.05, 4.69) is 54.5 Å². The Labute approximate surface area is 271 Å². The number of fused-ring (bicyclic) bond motifs is 8. The molecule has 7 aliphatic rings. The largest absolute Gasteiger partial charge is 0.396 e. The number of aliphatic hydroxyl groups is 5. The van der Waals surface area contributed by atoms with Gasteiger partial charge in [-0.15, -0.1) is 0 Å². The zero-order valence-corrected chi connectivity index (χ0v) is 29.2. The highest BCUT2D eigenvalue weighted by atomic mass is 16.7. The van der Waals surface area contributed by atoms with Crippen molar-refractivity contribution in [3.05, 3.63) is 11.6 Å². The molecule has 1 heterocycles. The first kappa shape index (κ1) is 33.0. The van der Waals surface area contributed by atoms with Gasteiger partial charge in [-0.05, 0) is 109 Å². The number of hydrogen-bond acceptors (Lipinski definition) is 7. The van der Waals surface area contributed by atoms with Gasteiger partial charge in [0, 0.05) is 12.5 Å². The average Bonchev–Trinajstić information content (AvgIpc) is 3.09. The van der Waals surface area contributed by atoms with Crippen LogP contribution in [0.15, 0.2) is 11.6 Å². The van der Waals surface area contributed by atoms with Crippen LogP contribution in [0.1, 0.15) is 113 Å². The lowest BCUT2D eigenvalue weighted by Gasteiger charge is -2.72. The van der Waals surface area contributed by atoms with E-state index in [1.54, 1.807) is 5.57 Å². The van der Waals surface area contributed by atoms with Gasteiger partial charge >= 0.3 is 0 Å². The summed E-state index contributed by atoms with van der Waals surface area (Å²) in [6, 6.07) is 0. The van der Waals surface area contributed by atoms with Crippen molar-refractivity contribution in [3.63, 3.8) is 0 Å². The number of hydrogen-bond donors (Lipinski definition) is 5. The maximum atomic E-state index is 12.4. The second kappa shape index (κ2) is 10.0. The molecule has 0 aromatic heterocycles. The van der Waals surface area contributed by atoms with E-state index in [0.29, 0.717) is 17.9 Å². The second-order valence-electron chi connectivity index (χ2n) is 19.1. The summed E-state index contributed by atoms with van der Waals surface area (Å²) >= 11 is 0. The maximum Gasteiger partial charge on any atom is 0.181 e. The third-order valence-corrected chi connectivity index (χ3v) is 16.8. The van der Waals surface area contributed by atoms with Crippen molar-refractivity contribution in [2.45, 2.75) is 149 Å². The van der Waals surface area contributed by atoms with E-state index in [0.717, 1.165) is 44.9 Å². The molecule has 7 heteroatoms. The van der Waals surface area contributed by atoms with Crippen LogP contribution in [0.5, 0.6) is 0 Å². The van der Waals surface area contributed by atoms with Crippen LogP contribution in [-0.2, 0) is 9.47 Å². The predicted molar refractivity (Wildman–Crippen MR) is 172 cm³/mol. The molecule has 0 amide bonds. The summed E-state index contributed by atoms with van der Waals surface area (Å²) in [7, 11) is 1.89. The van der Waals surface area contributed by atoms with Gasteiger partial charge in [-0.25, -0.2) is 0 Å². The molecule has 6 fully saturated rings. The lowest BCUT2D eigenvalue weighted by molar-refractivity contribution is -0.404. The lowest BCUT2D eigenvalue weighted by Crippen LogP contribution is -2.71. The fourth-order valence-electron chi connectivity index (χ4n) is 14.0. The highest BCUT2D eigenvalue weighted by Gasteiger charge is 2.75. The molecule has 15 atom stereocenters. The number of allylic oxidation sites excluding steroid dienone is 2. The molecular weight excluding hydrogens is 568 g/mol. The summed E-state index contributed by atoms with van der Waals surface area (Å²) in [6.45, 7) is 16.9. The van der Waals surface area contributed by atoms with Gasteiger partial charge < -0.3 is 35.0 Å². The number of rotatable bonds is 4. The van der Waals surface area contributed by atoms with Gasteiger partial charge in [0.1, 0.15) is 0 Å². The Bertz CT molecular complexity index is 1230. The van der Waals surface area contributed by atoms with E-state index in [9.17, 15) is 25.5 Å². The van der Waals surface area contributed by atoms with Crippen molar-refractivity contribution >= 4 is 0 Å². The first-order valence-electron chi connectivity index (χ1n) is 18.2. The standard InChI is InChI=1S/C38H62O7/c1-32(2)15-17-37(31(42)30-27-29(41)28(40)23(20-39)38(27,43)45-30)18-16-35(6)21(22(37)19-32)9-10-25-34(5)13-12-26(44-8)33(3,4)24(34)11-14-36(25,35)7/h9,22-31,39-43H,10-20H2,1-8H3/t22?,23?,24?,25?,26-,27?,28-,29?,30-,31+,34-,35+,36+,37-,38?/m0/s1. The third-order valence-electron chi connectivity index (χ3n) is 16.8. The Morgan fingerprint density at radius 3 is 2.27 bits per heavy atom. The smallest absolute Gasteiger partial charge is 0.181 e. The third kappa shape index (κ3) is 3.95. The molecule has 0 aromatic rings. The molecular formula is C38H62O7. The number of methoxy groups -OCH3 is 1. The summed E-state index contributed by atoms with van der Waals surface area (Å²) < 4.78 is 12.1. The Morgan fingerprint density at radius 1 is 0.911 bits per heavy atom. The van der Waals surface area contributed by atoms with Crippen molar-refractivity contribution in [1.82, 2.24) is 0 Å². The molecule has 7 rings (SSSR count). The molecule has 45 heavy (non-hydrogen) atoms. The van der Waals surface area contributed by atoms with Gasteiger partial charge in [0.05, 0.1) is 49.0 Å². The Kier molecular flexibility index (Phi) is 7.34. The molecule has 0 radical (unpaired) electrons. The highest BCUT2D eigenvalue weighted by molar-refractivity contribution is 5.35. The molecule has 256 valence electrons. The highest BCUT2D eigenvalue weighted by Crippen LogP contribution is 2.76. The Balaban J connectivity index is 1.25. The molecule has 5 N–H and O–H groups in total. The normalized spacial score (nSPS) is 56.8. The van der Waals surface area contributed by atoms with Gasteiger partial charge in [-0.1, -0.05) is 60.1 Å². The molecule has 0 aromatic carbocycles. The molecule has 7 nitrogen and oxygen atoms in total. The Hall–Kier alpha value is -0.540. The van der Waals surface area contributed by atoms with E-state index < -0.39 is 54.1 Å². The molecule has 1 aliphatic heterocycles. The second-order valence-corrected chi connectivity index (χ2v) is 19.1. The first-order chi connectivity index (χ1) is 20.9. The zero-order valence-electron chi connectivity index (χ0n) is 29.2. The van der Waals surface area contributed by atoms with Crippen molar-refractivity contribution in [3.8, 4) is 0 Å². The SMILES string of the molecule is CO[C@H]1CC[C@@]2(C)C(CC[C@]3(C)C2CC=C2C4CC(C)(C)CC[C@]4([C@H](O)[C@H]4OC5(O)C(CO)[C@H](O)C(O)C45)CC[C@]23C)C1(C)C. The van der Waals surface area contributed by atoms with E-state index in [4.69, 9.17) is 9.47 Å². The van der Waals surface area contributed by atoms with E-state index in [-0.39, 0.29) is 33.0 Å². The van der Waals surface area contributed by atoms with Gasteiger partial charge in [0.25, 0.3) is 0 Å². The van der Waals surface area contributed by atoms with Crippen LogP contribution >= 0.6 is 0 Å². The average molecular weight is 631 g/mol. The predicted octanol–water partition coefficient (Wildman–Crippen LogP) is 5.21. The summed E-state index contributed by atoms with van der Waals surface area (Å²) in [5.41, 5.74) is 1.85. The van der Waals surface area contributed by atoms with E-state index in [1.807, 2.05) is 7.11 Å². The van der Waals surface area contributed by atoms with Gasteiger partial charge in [-0.3, -0.25) is 0 Å². The molecule has 0 bridgehead atoms. The summed E-state index contributed by atoms with van der Waals surface area (Å²) in [5.74, 6) is -2.19. The topological polar surface area (TPSA) is 120 Å². The van der Waals surface area contributed by atoms with Crippen LogP contribution in [0.25, 0.3) is 0 Å². The van der Waals surface area contributed by atoms with E-state index >= 15 is 0 Å². The molecule has 5 saturated carbocycles. The van der Waals surface area contributed by atoms with Crippen LogP contribution in [0.4, 0.5) is 0 Å². The molecule has 6 aliphatic carbocycles. The zero-order chi connectivity index (χ0) is 32.8. The molecule has 0 spiro atoms. The minimum Gasteiger partial charge on any atom is -0.396 e. The van der Waals surface area contributed by atoms with Crippen LogP contribution in [0.2, 0.25) is 0 Å². The van der Waals surface area contributed by atoms with Gasteiger partial charge in [-0.2, -0.15) is 0 Å². The minimum atomic E-state index is -1.81. The van der Waals surface area contributed by atoms with Crippen molar-refractivity contribution in [2.75, 3.05) is 13.7 Å². The lowest BCUT2D eigenvalue weighted by atomic mass is 9.33. The van der Waals surface area contributed by atoms with Gasteiger partial charge in [0.2, 0.25) is 0 Å². The summed E-state index contributed by atoms with van der Waals surface area (Å²) in [5, 5.41) is 55.3. The van der Waals surface area contributed by atoms with Crippen LogP contribution in [0, 0.1) is 62.1 Å². The maximum absolute atomic E-state index is 12.4. The van der Waals surface area contributed by atoms with Crippen LogP contribution < -0.4 is 0 Å². The van der Waals surface area contributed by atoms with Crippen LogP contribution in [-0.4, -0.2) is 75.6 Å². The van der Waals surface area contributed by atoms with Crippen molar-refractivity contribution in [1.29, 1.82) is 0 Å². The fraction of sp³-hybridized carbons (Fsp3) is 0.947. The van der Waals surface area contributed by atoms with Gasteiger partial charge in [0.15, 0.2) is 5.79 Å². The van der Waals surface area contributed by atoms with Crippen molar-refractivity contribution < 1.29 is 35.0 Å². The van der Waals surface area contributed by atoms with E-state index in [1.165, 1.54) is 19.3 Å². The summed E-state index contributed by atoms with van der Waals surface area (Å²) in [4.78, 5) is 0. The Morgan fingerprint density at radius 2 is 1.60 bits per heavy atom. The molecule has 7 unspecified atom stereocenters.